The Bertz CT molecular complexity index is 105. The number of nitrogens with two attached hydrogens (primary N) is 1. The Hall–Kier alpha value is -0.370. The molecular weight excluding hydrogens is 118 g/mol. The van der Waals surface area contributed by atoms with Gasteiger partial charge in [-0.3, -0.25) is 0 Å². The van der Waals surface area contributed by atoms with E-state index in [1.165, 1.54) is 5.37 Å². The molecule has 0 amide bonds. The molecule has 0 heterocycles. The third kappa shape index (κ3) is 2.75. The fourth-order valence-electron chi connectivity index (χ4n) is 0.271. The fraction of sp³-hybridized carbons (Fsp3) is 0.500. The lowest BCUT2D eigenvalue weighted by Crippen LogP contribution is -2.04. The van der Waals surface area contributed by atoms with Crippen LogP contribution in [0.1, 0.15) is 13.8 Å². The summed E-state index contributed by atoms with van der Waals surface area (Å²) in [5.74, 6) is 0.411. The maximum absolute atomic E-state index is 5.49. The number of hydrogen-bond acceptors (Lipinski definition) is 2. The number of allylic oxidation sites excluding steroid dienone is 2. The Balaban J connectivity index is 3.78. The molecule has 0 saturated heterocycles. The smallest absolute Gasteiger partial charge is 0.0115 e. The Morgan fingerprint density at radius 1 is 1.62 bits per heavy atom. The Labute approximate surface area is 55.6 Å². The van der Waals surface area contributed by atoms with Crippen LogP contribution < -0.4 is 5.73 Å². The van der Waals surface area contributed by atoms with Crippen LogP contribution in [0.3, 0.4) is 0 Å². The Kier molecular flexibility index (Phi) is 3.44. The molecule has 0 aromatic heterocycles. The molecule has 0 fully saturated rings. The summed E-state index contributed by atoms with van der Waals surface area (Å²) in [6.45, 7) is 4.06. The molecule has 0 aliphatic heterocycles. The van der Waals surface area contributed by atoms with Crippen LogP contribution in [0.2, 0.25) is 0 Å². The van der Waals surface area contributed by atoms with Gasteiger partial charge in [0.2, 0.25) is 0 Å². The molecule has 0 bridgehead atoms. The maximum Gasteiger partial charge on any atom is 0.0115 e. The predicted molar refractivity (Wildman–Crippen MR) is 40.8 cm³/mol. The van der Waals surface area contributed by atoms with E-state index in [1.807, 2.05) is 13.8 Å². The molecule has 0 radical (unpaired) electrons. The van der Waals surface area contributed by atoms with E-state index in [0.29, 0.717) is 5.92 Å². The summed E-state index contributed by atoms with van der Waals surface area (Å²) in [4.78, 5) is 0. The van der Waals surface area contributed by atoms with Gasteiger partial charge in [-0.05, 0) is 12.0 Å². The Morgan fingerprint density at radius 3 is 2.25 bits per heavy atom. The minimum Gasteiger partial charge on any atom is -0.402 e. The van der Waals surface area contributed by atoms with E-state index in [1.54, 1.807) is 6.08 Å². The van der Waals surface area contributed by atoms with Gasteiger partial charge in [0.1, 0.15) is 0 Å². The molecule has 8 heavy (non-hydrogen) atoms. The summed E-state index contributed by atoms with van der Waals surface area (Å²) in [5, 5.41) is 1.54. The highest BCUT2D eigenvalue weighted by Crippen LogP contribution is 1.99. The molecular formula is C6H11NS. The molecule has 0 rings (SSSR count). The third-order valence-corrected chi connectivity index (χ3v) is 1.06. The van der Waals surface area contributed by atoms with Gasteiger partial charge >= 0.3 is 0 Å². The van der Waals surface area contributed by atoms with Crippen molar-refractivity contribution >= 4 is 17.6 Å². The molecule has 0 atom stereocenters. The van der Waals surface area contributed by atoms with Crippen molar-refractivity contribution in [2.75, 3.05) is 0 Å². The molecule has 46 valence electrons. The summed E-state index contributed by atoms with van der Waals surface area (Å²) in [7, 11) is 0. The van der Waals surface area contributed by atoms with Gasteiger partial charge in [0, 0.05) is 11.1 Å². The standard InChI is InChI=1S/C6H11NS/c1-5(2)6(7)3-4-8/h3-5H,7H2,1-2H3. The fourth-order valence-corrected chi connectivity index (χ4v) is 0.428. The first kappa shape index (κ1) is 7.63. The topological polar surface area (TPSA) is 26.0 Å². The van der Waals surface area contributed by atoms with Gasteiger partial charge in [0.15, 0.2) is 0 Å². The molecule has 0 aromatic rings. The highest BCUT2D eigenvalue weighted by atomic mass is 32.1. The largest absolute Gasteiger partial charge is 0.402 e. The van der Waals surface area contributed by atoms with E-state index in [0.717, 1.165) is 5.70 Å². The van der Waals surface area contributed by atoms with Crippen molar-refractivity contribution in [2.24, 2.45) is 11.7 Å². The van der Waals surface area contributed by atoms with Crippen molar-refractivity contribution in [3.8, 4) is 0 Å². The minimum absolute atomic E-state index is 0.411. The number of rotatable bonds is 2. The predicted octanol–water partition coefficient (Wildman–Crippen LogP) is 1.48. The zero-order valence-corrected chi connectivity index (χ0v) is 6.03. The molecule has 0 spiro atoms. The van der Waals surface area contributed by atoms with E-state index in [2.05, 4.69) is 12.2 Å². The summed E-state index contributed by atoms with van der Waals surface area (Å²) in [5.41, 5.74) is 6.34. The number of thiocarbonyl (C=S) groups is 1. The SMILES string of the molecule is CC(C)C(N)=CC=S. The van der Waals surface area contributed by atoms with E-state index in [4.69, 9.17) is 5.73 Å². The van der Waals surface area contributed by atoms with Gasteiger partial charge < -0.3 is 5.73 Å². The normalized spacial score (nSPS) is 12.1. The van der Waals surface area contributed by atoms with Crippen LogP contribution >= 0.6 is 12.2 Å². The molecule has 0 saturated carbocycles. The highest BCUT2D eigenvalue weighted by molar-refractivity contribution is 7.79. The van der Waals surface area contributed by atoms with Crippen molar-refractivity contribution in [1.29, 1.82) is 0 Å². The van der Waals surface area contributed by atoms with E-state index in [9.17, 15) is 0 Å². The van der Waals surface area contributed by atoms with Gasteiger partial charge in [0.05, 0.1) is 0 Å². The van der Waals surface area contributed by atoms with Crippen LogP contribution in [-0.2, 0) is 0 Å². The second kappa shape index (κ2) is 3.61. The lowest BCUT2D eigenvalue weighted by Gasteiger charge is -2.00. The highest BCUT2D eigenvalue weighted by Gasteiger charge is 1.92. The van der Waals surface area contributed by atoms with Crippen molar-refractivity contribution < 1.29 is 0 Å². The molecule has 0 aliphatic rings. The third-order valence-electron chi connectivity index (χ3n) is 0.927. The van der Waals surface area contributed by atoms with Gasteiger partial charge in [0.25, 0.3) is 0 Å². The summed E-state index contributed by atoms with van der Waals surface area (Å²) < 4.78 is 0. The van der Waals surface area contributed by atoms with Crippen LogP contribution in [-0.4, -0.2) is 5.37 Å². The van der Waals surface area contributed by atoms with Gasteiger partial charge in [-0.25, -0.2) is 0 Å². The van der Waals surface area contributed by atoms with Crippen LogP contribution in [0.4, 0.5) is 0 Å². The average molecular weight is 129 g/mol. The molecule has 2 N–H and O–H groups in total. The van der Waals surface area contributed by atoms with Gasteiger partial charge in [-0.2, -0.15) is 0 Å². The van der Waals surface area contributed by atoms with Crippen LogP contribution in [0.25, 0.3) is 0 Å². The van der Waals surface area contributed by atoms with Gasteiger partial charge in [-0.15, -0.1) is 0 Å². The maximum atomic E-state index is 5.49. The van der Waals surface area contributed by atoms with Crippen LogP contribution in [0.5, 0.6) is 0 Å². The van der Waals surface area contributed by atoms with Crippen molar-refractivity contribution in [1.82, 2.24) is 0 Å². The van der Waals surface area contributed by atoms with Crippen LogP contribution in [0, 0.1) is 5.92 Å². The zero-order chi connectivity index (χ0) is 6.57. The second-order valence-corrected chi connectivity index (χ2v) is 2.23. The van der Waals surface area contributed by atoms with Gasteiger partial charge in [-0.1, -0.05) is 26.1 Å². The molecule has 1 nitrogen and oxygen atoms in total. The van der Waals surface area contributed by atoms with Crippen LogP contribution in [0.15, 0.2) is 11.8 Å². The molecule has 0 unspecified atom stereocenters. The van der Waals surface area contributed by atoms with Crippen molar-refractivity contribution in [2.45, 2.75) is 13.8 Å². The average Bonchev–Trinajstić information content (AvgIpc) is 1.67. The minimum atomic E-state index is 0.411. The monoisotopic (exact) mass is 129 g/mol. The quantitative estimate of drug-likeness (QED) is 0.451. The first-order chi connectivity index (χ1) is 3.68. The Morgan fingerprint density at radius 2 is 2.12 bits per heavy atom. The molecule has 0 aliphatic carbocycles. The van der Waals surface area contributed by atoms with E-state index >= 15 is 0 Å². The van der Waals surface area contributed by atoms with Crippen molar-refractivity contribution in [3.05, 3.63) is 11.8 Å². The first-order valence-electron chi connectivity index (χ1n) is 2.59. The molecule has 0 aromatic carbocycles. The lowest BCUT2D eigenvalue weighted by molar-refractivity contribution is 0.759. The second-order valence-electron chi connectivity index (χ2n) is 1.96. The summed E-state index contributed by atoms with van der Waals surface area (Å²) in [6, 6.07) is 0. The molecule has 2 heteroatoms. The number of hydrogen-bond donors (Lipinski definition) is 1. The van der Waals surface area contributed by atoms with E-state index in [-0.39, 0.29) is 0 Å². The summed E-state index contributed by atoms with van der Waals surface area (Å²) in [6.07, 6.45) is 1.75. The first-order valence-corrected chi connectivity index (χ1v) is 3.06. The lowest BCUT2D eigenvalue weighted by atomic mass is 10.1. The van der Waals surface area contributed by atoms with E-state index < -0.39 is 0 Å². The zero-order valence-electron chi connectivity index (χ0n) is 5.22. The van der Waals surface area contributed by atoms with Crippen molar-refractivity contribution in [3.63, 3.8) is 0 Å². The summed E-state index contributed by atoms with van der Waals surface area (Å²) >= 11 is 4.57.